The van der Waals surface area contributed by atoms with Crippen LogP contribution in [0.25, 0.3) is 0 Å². The SMILES string of the molecule is Cc1ccc([C@@H]2CN(C(=O)CCc3ccc4c(c3)OCO4)C[C@H]2N)o1. The summed E-state index contributed by atoms with van der Waals surface area (Å²) in [5, 5.41) is 0. The van der Waals surface area contributed by atoms with Gasteiger partial charge >= 0.3 is 0 Å². The van der Waals surface area contributed by atoms with Gasteiger partial charge in [-0.05, 0) is 43.2 Å². The molecule has 2 aromatic rings. The van der Waals surface area contributed by atoms with E-state index in [0.29, 0.717) is 25.9 Å². The summed E-state index contributed by atoms with van der Waals surface area (Å²) in [5.74, 6) is 3.45. The van der Waals surface area contributed by atoms with Gasteiger partial charge in [-0.2, -0.15) is 0 Å². The summed E-state index contributed by atoms with van der Waals surface area (Å²) >= 11 is 0. The van der Waals surface area contributed by atoms with Crippen molar-refractivity contribution >= 4 is 5.91 Å². The minimum absolute atomic E-state index is 0.0724. The molecule has 1 saturated heterocycles. The summed E-state index contributed by atoms with van der Waals surface area (Å²) in [6.45, 7) is 3.37. The molecule has 0 saturated carbocycles. The fraction of sp³-hybridized carbons (Fsp3) is 0.421. The smallest absolute Gasteiger partial charge is 0.231 e. The molecule has 6 heteroatoms. The quantitative estimate of drug-likeness (QED) is 0.922. The van der Waals surface area contributed by atoms with Gasteiger partial charge in [0, 0.05) is 25.6 Å². The molecule has 1 amide bonds. The van der Waals surface area contributed by atoms with Crippen LogP contribution in [0.3, 0.4) is 0 Å². The van der Waals surface area contributed by atoms with Crippen LogP contribution in [0.15, 0.2) is 34.7 Å². The number of likely N-dealkylation sites (tertiary alicyclic amines) is 1. The number of hydrogen-bond acceptors (Lipinski definition) is 5. The van der Waals surface area contributed by atoms with Gasteiger partial charge in [-0.25, -0.2) is 0 Å². The number of nitrogens with two attached hydrogens (primary N) is 1. The fourth-order valence-corrected chi connectivity index (χ4v) is 3.49. The summed E-state index contributed by atoms with van der Waals surface area (Å²) < 4.78 is 16.4. The number of benzene rings is 1. The molecule has 0 radical (unpaired) electrons. The molecule has 6 nitrogen and oxygen atoms in total. The fourth-order valence-electron chi connectivity index (χ4n) is 3.49. The molecule has 2 atom stereocenters. The van der Waals surface area contributed by atoms with Crippen LogP contribution in [-0.4, -0.2) is 36.7 Å². The second-order valence-electron chi connectivity index (χ2n) is 6.71. The Morgan fingerprint density at radius 2 is 2.04 bits per heavy atom. The molecule has 1 fully saturated rings. The topological polar surface area (TPSA) is 77.9 Å². The van der Waals surface area contributed by atoms with Crippen LogP contribution in [0.1, 0.15) is 29.4 Å². The third-order valence-corrected chi connectivity index (χ3v) is 4.91. The first-order valence-electron chi connectivity index (χ1n) is 8.58. The van der Waals surface area contributed by atoms with Crippen molar-refractivity contribution in [3.05, 3.63) is 47.4 Å². The molecule has 1 aromatic carbocycles. The molecular weight excluding hydrogens is 320 g/mol. The van der Waals surface area contributed by atoms with E-state index < -0.39 is 0 Å². The summed E-state index contributed by atoms with van der Waals surface area (Å²) in [5.41, 5.74) is 7.30. The molecule has 0 aliphatic carbocycles. The molecule has 132 valence electrons. The Morgan fingerprint density at radius 3 is 2.84 bits per heavy atom. The van der Waals surface area contributed by atoms with Crippen LogP contribution >= 0.6 is 0 Å². The lowest BCUT2D eigenvalue weighted by Crippen LogP contribution is -2.32. The molecular formula is C19H22N2O4. The van der Waals surface area contributed by atoms with Crippen molar-refractivity contribution in [2.75, 3.05) is 19.9 Å². The highest BCUT2D eigenvalue weighted by Gasteiger charge is 2.35. The Balaban J connectivity index is 1.35. The second kappa shape index (κ2) is 6.44. The van der Waals surface area contributed by atoms with Gasteiger partial charge in [0.25, 0.3) is 0 Å². The number of carbonyl (C=O) groups is 1. The van der Waals surface area contributed by atoms with E-state index in [4.69, 9.17) is 19.6 Å². The predicted octanol–water partition coefficient (Wildman–Crippen LogP) is 2.20. The number of carbonyl (C=O) groups excluding carboxylic acids is 1. The Labute approximate surface area is 146 Å². The van der Waals surface area contributed by atoms with E-state index in [1.54, 1.807) is 0 Å². The largest absolute Gasteiger partial charge is 0.466 e. The predicted molar refractivity (Wildman–Crippen MR) is 91.6 cm³/mol. The van der Waals surface area contributed by atoms with Gasteiger partial charge in [0.2, 0.25) is 12.7 Å². The van der Waals surface area contributed by atoms with E-state index in [-0.39, 0.29) is 24.7 Å². The maximum Gasteiger partial charge on any atom is 0.231 e. The maximum atomic E-state index is 12.6. The summed E-state index contributed by atoms with van der Waals surface area (Å²) in [6.07, 6.45) is 1.13. The van der Waals surface area contributed by atoms with E-state index in [2.05, 4.69) is 0 Å². The number of amides is 1. The van der Waals surface area contributed by atoms with Crippen LogP contribution < -0.4 is 15.2 Å². The molecule has 3 heterocycles. The molecule has 0 bridgehead atoms. The van der Waals surface area contributed by atoms with Gasteiger partial charge in [0.1, 0.15) is 11.5 Å². The lowest BCUT2D eigenvalue weighted by atomic mass is 10.0. The van der Waals surface area contributed by atoms with Gasteiger partial charge < -0.3 is 24.5 Å². The first-order valence-corrected chi connectivity index (χ1v) is 8.58. The zero-order chi connectivity index (χ0) is 17.4. The van der Waals surface area contributed by atoms with Crippen LogP contribution in [0.4, 0.5) is 0 Å². The Morgan fingerprint density at radius 1 is 1.20 bits per heavy atom. The van der Waals surface area contributed by atoms with Crippen LogP contribution in [0.5, 0.6) is 11.5 Å². The van der Waals surface area contributed by atoms with E-state index >= 15 is 0 Å². The summed E-state index contributed by atoms with van der Waals surface area (Å²) in [4.78, 5) is 14.4. The minimum atomic E-state index is -0.0833. The first-order chi connectivity index (χ1) is 12.1. The average molecular weight is 342 g/mol. The number of aryl methyl sites for hydroxylation is 2. The van der Waals surface area contributed by atoms with Crippen LogP contribution in [0.2, 0.25) is 0 Å². The van der Waals surface area contributed by atoms with Crippen molar-refractivity contribution in [1.82, 2.24) is 4.90 Å². The first kappa shape index (κ1) is 16.0. The Bertz CT molecular complexity index is 785. The van der Waals surface area contributed by atoms with Crippen molar-refractivity contribution in [2.24, 2.45) is 5.73 Å². The lowest BCUT2D eigenvalue weighted by molar-refractivity contribution is -0.130. The highest BCUT2D eigenvalue weighted by Crippen LogP contribution is 2.33. The van der Waals surface area contributed by atoms with Crippen molar-refractivity contribution in [3.8, 4) is 11.5 Å². The molecule has 1 aromatic heterocycles. The minimum Gasteiger partial charge on any atom is -0.466 e. The number of furan rings is 1. The Kier molecular flexibility index (Phi) is 4.13. The molecule has 2 N–H and O–H groups in total. The van der Waals surface area contributed by atoms with E-state index in [0.717, 1.165) is 28.6 Å². The van der Waals surface area contributed by atoms with Gasteiger partial charge in [-0.3, -0.25) is 4.79 Å². The van der Waals surface area contributed by atoms with Crippen molar-refractivity contribution in [3.63, 3.8) is 0 Å². The summed E-state index contributed by atoms with van der Waals surface area (Å²) in [7, 11) is 0. The van der Waals surface area contributed by atoms with Gasteiger partial charge in [0.05, 0.1) is 5.92 Å². The average Bonchev–Trinajstić information content (AvgIpc) is 3.31. The monoisotopic (exact) mass is 342 g/mol. The highest BCUT2D eigenvalue weighted by atomic mass is 16.7. The Hall–Kier alpha value is -2.47. The molecule has 0 unspecified atom stereocenters. The van der Waals surface area contributed by atoms with Gasteiger partial charge in [-0.15, -0.1) is 0 Å². The van der Waals surface area contributed by atoms with Crippen molar-refractivity contribution in [1.29, 1.82) is 0 Å². The number of rotatable bonds is 4. The maximum absolute atomic E-state index is 12.6. The van der Waals surface area contributed by atoms with Crippen LogP contribution in [-0.2, 0) is 11.2 Å². The van der Waals surface area contributed by atoms with Gasteiger partial charge in [-0.1, -0.05) is 6.07 Å². The normalized spacial score (nSPS) is 21.8. The lowest BCUT2D eigenvalue weighted by Gasteiger charge is -2.16. The number of fused-ring (bicyclic) bond motifs is 1. The van der Waals surface area contributed by atoms with E-state index in [1.165, 1.54) is 0 Å². The third-order valence-electron chi connectivity index (χ3n) is 4.91. The van der Waals surface area contributed by atoms with E-state index in [1.807, 2.05) is 42.2 Å². The second-order valence-corrected chi connectivity index (χ2v) is 6.71. The van der Waals surface area contributed by atoms with Crippen molar-refractivity contribution < 1.29 is 18.7 Å². The third kappa shape index (κ3) is 3.22. The zero-order valence-corrected chi connectivity index (χ0v) is 14.2. The number of ether oxygens (including phenoxy) is 2. The highest BCUT2D eigenvalue weighted by molar-refractivity contribution is 5.77. The molecule has 0 spiro atoms. The number of nitrogens with zero attached hydrogens (tertiary/aromatic N) is 1. The molecule has 25 heavy (non-hydrogen) atoms. The molecule has 4 rings (SSSR count). The number of hydrogen-bond donors (Lipinski definition) is 1. The summed E-state index contributed by atoms with van der Waals surface area (Å²) in [6, 6.07) is 9.63. The van der Waals surface area contributed by atoms with E-state index in [9.17, 15) is 4.79 Å². The van der Waals surface area contributed by atoms with Crippen molar-refractivity contribution in [2.45, 2.75) is 31.7 Å². The van der Waals surface area contributed by atoms with Crippen LogP contribution in [0, 0.1) is 6.92 Å². The standard InChI is InChI=1S/C19H22N2O4/c1-12-2-5-16(25-12)14-9-21(10-15(14)20)19(22)7-4-13-3-6-17-18(8-13)24-11-23-17/h2-3,5-6,8,14-15H,4,7,9-11,20H2,1H3/t14-,15-/m1/s1. The van der Waals surface area contributed by atoms with Gasteiger partial charge in [0.15, 0.2) is 11.5 Å². The molecule has 2 aliphatic rings. The zero-order valence-electron chi connectivity index (χ0n) is 14.2. The molecule has 2 aliphatic heterocycles.